The quantitative estimate of drug-likeness (QED) is 0.149. The van der Waals surface area contributed by atoms with Gasteiger partial charge in [-0.2, -0.15) is 0 Å². The van der Waals surface area contributed by atoms with Crippen molar-refractivity contribution in [2.45, 2.75) is 0 Å². The summed E-state index contributed by atoms with van der Waals surface area (Å²) in [6.07, 6.45) is 0. The van der Waals surface area contributed by atoms with Crippen LogP contribution in [0.4, 0.5) is 17.1 Å². The second-order valence-electron chi connectivity index (χ2n) is 19.2. The molecule has 306 valence electrons. The number of hydrogen-bond donors (Lipinski definition) is 0. The van der Waals surface area contributed by atoms with E-state index in [0.717, 1.165) is 44.3 Å². The van der Waals surface area contributed by atoms with Gasteiger partial charge in [-0.25, -0.2) is 0 Å². The molecule has 0 saturated carbocycles. The summed E-state index contributed by atoms with van der Waals surface area (Å²) in [6, 6.07) is 48.3. The Morgan fingerprint density at radius 2 is 0.746 bits per heavy atom. The van der Waals surface area contributed by atoms with E-state index >= 15 is 0 Å². The first-order chi connectivity index (χ1) is 32.2. The van der Waals surface area contributed by atoms with Gasteiger partial charge in [-0.1, -0.05) is 152 Å². The van der Waals surface area contributed by atoms with Crippen molar-refractivity contribution in [2.24, 2.45) is 0 Å². The van der Waals surface area contributed by atoms with Crippen molar-refractivity contribution in [3.05, 3.63) is 133 Å². The number of fused-ring (bicyclic) bond motifs is 5. The Hall–Kier alpha value is -6.32. The number of furan rings is 1. The standard InChI is InChI=1S/C52H48B13NO/c53-38-34(36-42(57)46(61)48(63)47(62)43(36)58)39(54)41(56)35(40(38)55)37-44(59)49(64)51(50(65)45(37)60)66(27-18-13-24(14-19-27)23-7-2-1-3-8-23)28-20-15-26(16-21-28)29-11-6-12-32-33(29)31-22-17-25-9-4-5-10-30(25)52(31)67-32/h1-22H,53-65H2. The molecule has 10 aromatic rings. The lowest BCUT2D eigenvalue weighted by Crippen LogP contribution is -2.57. The number of anilines is 3. The topological polar surface area (TPSA) is 16.4 Å². The predicted molar refractivity (Wildman–Crippen MR) is 334 cm³/mol. The van der Waals surface area contributed by atoms with Gasteiger partial charge in [-0.3, -0.25) is 0 Å². The van der Waals surface area contributed by atoms with Crippen LogP contribution < -0.4 is 75.9 Å². The minimum Gasteiger partial charge on any atom is -0.455 e. The Kier molecular flexibility index (Phi) is 11.4. The molecule has 0 bridgehead atoms. The molecular weight excluding hydrogens is 795 g/mol. The lowest BCUT2D eigenvalue weighted by atomic mass is 9.55. The Morgan fingerprint density at radius 3 is 1.28 bits per heavy atom. The first kappa shape index (κ1) is 44.5. The maximum Gasteiger partial charge on any atom is 0.143 e. The molecule has 0 fully saturated rings. The molecule has 10 rings (SSSR count). The molecule has 9 aromatic carbocycles. The highest BCUT2D eigenvalue weighted by Gasteiger charge is 2.27. The number of benzene rings is 9. The van der Waals surface area contributed by atoms with E-state index < -0.39 is 0 Å². The van der Waals surface area contributed by atoms with Crippen LogP contribution in [0.3, 0.4) is 0 Å². The summed E-state index contributed by atoms with van der Waals surface area (Å²) in [5.41, 5.74) is 33.3. The van der Waals surface area contributed by atoms with Crippen LogP contribution in [0.2, 0.25) is 0 Å². The van der Waals surface area contributed by atoms with Gasteiger partial charge in [0, 0.05) is 33.2 Å². The molecule has 0 aliphatic heterocycles. The zero-order chi connectivity index (χ0) is 47.2. The average molecular weight is 844 g/mol. The summed E-state index contributed by atoms with van der Waals surface area (Å²) in [7, 11) is 30.3. The van der Waals surface area contributed by atoms with Crippen LogP contribution >= 0.6 is 0 Å². The van der Waals surface area contributed by atoms with E-state index in [1.807, 2.05) is 0 Å². The van der Waals surface area contributed by atoms with Gasteiger partial charge in [-0.15, -0.1) is 16.4 Å². The number of hydrogen-bond acceptors (Lipinski definition) is 2. The normalized spacial score (nSPS) is 11.5. The third-order valence-electron chi connectivity index (χ3n) is 16.0. The fraction of sp³-hybridized carbons (Fsp3) is 0. The van der Waals surface area contributed by atoms with Crippen LogP contribution in [0.1, 0.15) is 0 Å². The second-order valence-corrected chi connectivity index (χ2v) is 19.2. The average Bonchev–Trinajstić information content (AvgIpc) is 3.75. The highest BCUT2D eigenvalue weighted by molar-refractivity contribution is 6.72. The van der Waals surface area contributed by atoms with Crippen LogP contribution in [-0.2, 0) is 0 Å². The summed E-state index contributed by atoms with van der Waals surface area (Å²) in [5.74, 6) is 0. The molecule has 67 heavy (non-hydrogen) atoms. The SMILES string of the molecule is Bc1c(B)c(B)c(-c2c(B)c(B)c(-c3c(B)c(B)c(N(c4ccc(-c5ccccc5)cc4)c4ccc(-c5cccc6oc7c8ccccc8ccc7c56)cc4)c(B)c3B)c(B)c2B)c(B)c1B. The molecule has 0 amide bonds. The highest BCUT2D eigenvalue weighted by Crippen LogP contribution is 2.41. The summed E-state index contributed by atoms with van der Waals surface area (Å²) < 4.78 is 6.60. The first-order valence-corrected chi connectivity index (χ1v) is 23.9. The second kappa shape index (κ2) is 17.1. The third kappa shape index (κ3) is 7.06. The summed E-state index contributed by atoms with van der Waals surface area (Å²) in [6.45, 7) is 0. The molecule has 1 aromatic heterocycles. The van der Waals surface area contributed by atoms with Gasteiger partial charge in [0.25, 0.3) is 0 Å². The van der Waals surface area contributed by atoms with Gasteiger partial charge < -0.3 is 9.32 Å². The van der Waals surface area contributed by atoms with Crippen LogP contribution in [0, 0.1) is 0 Å². The van der Waals surface area contributed by atoms with Crippen molar-refractivity contribution in [2.75, 3.05) is 4.90 Å². The third-order valence-corrected chi connectivity index (χ3v) is 16.0. The minimum atomic E-state index is 0.904. The van der Waals surface area contributed by atoms with Crippen LogP contribution in [0.25, 0.3) is 77.2 Å². The monoisotopic (exact) mass is 845 g/mol. The van der Waals surface area contributed by atoms with E-state index in [1.54, 1.807) is 0 Å². The largest absolute Gasteiger partial charge is 0.455 e. The van der Waals surface area contributed by atoms with Gasteiger partial charge in [0.2, 0.25) is 0 Å². The molecule has 0 aliphatic rings. The molecule has 0 saturated heterocycles. The molecule has 0 aliphatic carbocycles. The maximum atomic E-state index is 6.60. The zero-order valence-electron chi connectivity index (χ0n) is 41.6. The minimum absolute atomic E-state index is 0.904. The van der Waals surface area contributed by atoms with Gasteiger partial charge >= 0.3 is 0 Å². The van der Waals surface area contributed by atoms with E-state index in [9.17, 15) is 0 Å². The molecule has 0 N–H and O–H groups in total. The molecule has 15 heteroatoms. The zero-order valence-corrected chi connectivity index (χ0v) is 41.6. The van der Waals surface area contributed by atoms with E-state index in [-0.39, 0.29) is 0 Å². The van der Waals surface area contributed by atoms with Crippen molar-refractivity contribution >= 4 is 223 Å². The molecular formula is C52H48B13NO. The van der Waals surface area contributed by atoms with Crippen LogP contribution in [0.15, 0.2) is 138 Å². The Balaban J connectivity index is 1.14. The number of nitrogens with zero attached hydrogens (tertiary/aromatic N) is 1. The summed E-state index contributed by atoms with van der Waals surface area (Å²) in [4.78, 5) is 2.49. The van der Waals surface area contributed by atoms with E-state index in [0.29, 0.717) is 0 Å². The van der Waals surface area contributed by atoms with Crippen LogP contribution in [-0.4, -0.2) is 102 Å². The van der Waals surface area contributed by atoms with Crippen molar-refractivity contribution in [1.82, 2.24) is 0 Å². The fourth-order valence-corrected chi connectivity index (χ4v) is 11.4. The predicted octanol–water partition coefficient (Wildman–Crippen LogP) is -7.76. The van der Waals surface area contributed by atoms with E-state index in [2.05, 4.69) is 240 Å². The van der Waals surface area contributed by atoms with Gasteiger partial charge in [0.15, 0.2) is 0 Å². The van der Waals surface area contributed by atoms with Gasteiger partial charge in [0.05, 0.1) is 0 Å². The Morgan fingerprint density at radius 1 is 0.313 bits per heavy atom. The van der Waals surface area contributed by atoms with Gasteiger partial charge in [0.1, 0.15) is 113 Å². The summed E-state index contributed by atoms with van der Waals surface area (Å²) in [5, 5.41) is 4.61. The summed E-state index contributed by atoms with van der Waals surface area (Å²) >= 11 is 0. The molecule has 1 heterocycles. The number of rotatable bonds is 7. The highest BCUT2D eigenvalue weighted by atomic mass is 16.3. The maximum absolute atomic E-state index is 6.60. The molecule has 0 unspecified atom stereocenters. The van der Waals surface area contributed by atoms with Gasteiger partial charge in [-0.05, 0) is 86.3 Å². The molecule has 0 spiro atoms. The Labute approximate surface area is 407 Å². The lowest BCUT2D eigenvalue weighted by molar-refractivity contribution is 0.673. The molecule has 0 radical (unpaired) electrons. The van der Waals surface area contributed by atoms with Crippen molar-refractivity contribution in [3.63, 3.8) is 0 Å². The molecule has 0 atom stereocenters. The van der Waals surface area contributed by atoms with Crippen LogP contribution in [0.5, 0.6) is 0 Å². The lowest BCUT2D eigenvalue weighted by Gasteiger charge is -2.34. The fourth-order valence-electron chi connectivity index (χ4n) is 11.4. The first-order valence-electron chi connectivity index (χ1n) is 23.9. The molecule has 2 nitrogen and oxygen atoms in total. The van der Waals surface area contributed by atoms with E-state index in [1.165, 1.54) is 121 Å². The van der Waals surface area contributed by atoms with E-state index in [4.69, 9.17) is 4.42 Å². The van der Waals surface area contributed by atoms with Crippen molar-refractivity contribution in [1.29, 1.82) is 0 Å². The van der Waals surface area contributed by atoms with Crippen molar-refractivity contribution in [3.8, 4) is 44.5 Å². The van der Waals surface area contributed by atoms with Crippen molar-refractivity contribution < 1.29 is 4.42 Å². The Bertz CT molecular complexity index is 3580. The smallest absolute Gasteiger partial charge is 0.143 e.